The van der Waals surface area contributed by atoms with Gasteiger partial charge in [0.1, 0.15) is 5.69 Å². The summed E-state index contributed by atoms with van der Waals surface area (Å²) in [6.45, 7) is 9.92. The maximum absolute atomic E-state index is 6.25. The first-order valence-electron chi connectivity index (χ1n) is 7.88. The van der Waals surface area contributed by atoms with Gasteiger partial charge in [0.2, 0.25) is 0 Å². The molecule has 0 unspecified atom stereocenters. The lowest BCUT2D eigenvalue weighted by Crippen LogP contribution is -2.51. The van der Waals surface area contributed by atoms with E-state index in [1.54, 1.807) is 7.11 Å². The zero-order valence-corrected chi connectivity index (χ0v) is 13.3. The van der Waals surface area contributed by atoms with Crippen LogP contribution in [0.3, 0.4) is 0 Å². The Morgan fingerprint density at radius 1 is 1.33 bits per heavy atom. The number of hydrogen-bond donors (Lipinski definition) is 0. The molecule has 0 aromatic carbocycles. The predicted octanol–water partition coefficient (Wildman–Crippen LogP) is 1.45. The molecule has 21 heavy (non-hydrogen) atoms. The maximum Gasteiger partial charge on any atom is 0.114 e. The summed E-state index contributed by atoms with van der Waals surface area (Å²) >= 11 is 0. The Balaban J connectivity index is 1.64. The van der Waals surface area contributed by atoms with Crippen molar-refractivity contribution >= 4 is 0 Å². The van der Waals surface area contributed by atoms with Crippen molar-refractivity contribution in [1.82, 2.24) is 19.9 Å². The van der Waals surface area contributed by atoms with Gasteiger partial charge in [-0.1, -0.05) is 19.1 Å². The first-order valence-corrected chi connectivity index (χ1v) is 7.88. The SMILES string of the molecule is COCc1nnn2c1COC1(CCN(CC(C)C)CC1)C2. The monoisotopic (exact) mass is 294 g/mol. The van der Waals surface area contributed by atoms with Gasteiger partial charge in [-0.3, -0.25) is 0 Å². The topological polar surface area (TPSA) is 52.4 Å². The van der Waals surface area contributed by atoms with Crippen LogP contribution in [0, 0.1) is 5.92 Å². The first kappa shape index (κ1) is 14.9. The summed E-state index contributed by atoms with van der Waals surface area (Å²) in [4.78, 5) is 2.55. The van der Waals surface area contributed by atoms with Gasteiger partial charge < -0.3 is 14.4 Å². The Hall–Kier alpha value is -0.980. The van der Waals surface area contributed by atoms with Crippen molar-refractivity contribution in [3.8, 4) is 0 Å². The zero-order valence-electron chi connectivity index (χ0n) is 13.3. The van der Waals surface area contributed by atoms with E-state index in [1.807, 2.05) is 4.68 Å². The van der Waals surface area contributed by atoms with Gasteiger partial charge in [-0.25, -0.2) is 4.68 Å². The smallest absolute Gasteiger partial charge is 0.114 e. The van der Waals surface area contributed by atoms with Gasteiger partial charge in [-0.05, 0) is 18.8 Å². The second-order valence-electron chi connectivity index (χ2n) is 6.74. The van der Waals surface area contributed by atoms with Gasteiger partial charge in [0.25, 0.3) is 0 Å². The van der Waals surface area contributed by atoms with Crippen LogP contribution in [0.4, 0.5) is 0 Å². The third kappa shape index (κ3) is 3.12. The third-order valence-corrected chi connectivity index (χ3v) is 4.54. The molecule has 0 bridgehead atoms. The summed E-state index contributed by atoms with van der Waals surface area (Å²) in [5.41, 5.74) is 1.94. The van der Waals surface area contributed by atoms with E-state index in [0.29, 0.717) is 13.2 Å². The Bertz CT molecular complexity index is 478. The summed E-state index contributed by atoms with van der Waals surface area (Å²) in [6.07, 6.45) is 2.16. The molecule has 0 atom stereocenters. The fraction of sp³-hybridized carbons (Fsp3) is 0.867. The maximum atomic E-state index is 6.25. The second-order valence-corrected chi connectivity index (χ2v) is 6.74. The van der Waals surface area contributed by atoms with Crippen LogP contribution >= 0.6 is 0 Å². The summed E-state index contributed by atoms with van der Waals surface area (Å²) in [5.74, 6) is 0.727. The van der Waals surface area contributed by atoms with Crippen LogP contribution in [0.2, 0.25) is 0 Å². The predicted molar refractivity (Wildman–Crippen MR) is 78.8 cm³/mol. The molecule has 0 saturated carbocycles. The Kier molecular flexibility index (Phi) is 4.28. The van der Waals surface area contributed by atoms with Crippen LogP contribution in [0.5, 0.6) is 0 Å². The van der Waals surface area contributed by atoms with Gasteiger partial charge in [0.05, 0.1) is 31.1 Å². The Labute approximate surface area is 126 Å². The number of aromatic nitrogens is 3. The fourth-order valence-corrected chi connectivity index (χ4v) is 3.40. The Morgan fingerprint density at radius 2 is 2.10 bits per heavy atom. The number of likely N-dealkylation sites (tertiary alicyclic amines) is 1. The van der Waals surface area contributed by atoms with E-state index in [2.05, 4.69) is 29.1 Å². The number of rotatable bonds is 4. The Morgan fingerprint density at radius 3 is 2.76 bits per heavy atom. The molecule has 2 aliphatic heterocycles. The van der Waals surface area contributed by atoms with Crippen LogP contribution in [0.1, 0.15) is 38.1 Å². The largest absolute Gasteiger partial charge is 0.378 e. The van der Waals surface area contributed by atoms with Crippen LogP contribution in [-0.4, -0.2) is 52.2 Å². The van der Waals surface area contributed by atoms with E-state index in [1.165, 1.54) is 6.54 Å². The minimum absolute atomic E-state index is 0.0431. The fourth-order valence-electron chi connectivity index (χ4n) is 3.40. The lowest BCUT2D eigenvalue weighted by atomic mass is 9.89. The number of fused-ring (bicyclic) bond motifs is 1. The highest BCUT2D eigenvalue weighted by molar-refractivity contribution is 5.11. The van der Waals surface area contributed by atoms with Crippen molar-refractivity contribution in [3.05, 3.63) is 11.4 Å². The molecule has 0 radical (unpaired) electrons. The first-order chi connectivity index (χ1) is 10.1. The molecular formula is C15H26N4O2. The van der Waals surface area contributed by atoms with Gasteiger partial charge in [0.15, 0.2) is 0 Å². The van der Waals surface area contributed by atoms with Gasteiger partial charge >= 0.3 is 0 Å². The molecule has 0 N–H and O–H groups in total. The minimum Gasteiger partial charge on any atom is -0.378 e. The van der Waals surface area contributed by atoms with Crippen LogP contribution < -0.4 is 0 Å². The molecule has 6 heteroatoms. The molecule has 1 aromatic heterocycles. The third-order valence-electron chi connectivity index (χ3n) is 4.54. The van der Waals surface area contributed by atoms with Gasteiger partial charge in [0, 0.05) is 26.7 Å². The average Bonchev–Trinajstić information content (AvgIpc) is 2.84. The van der Waals surface area contributed by atoms with Crippen LogP contribution in [0.25, 0.3) is 0 Å². The highest BCUT2D eigenvalue weighted by Gasteiger charge is 2.40. The van der Waals surface area contributed by atoms with E-state index in [-0.39, 0.29) is 5.60 Å². The lowest BCUT2D eigenvalue weighted by Gasteiger charge is -2.44. The zero-order chi connectivity index (χ0) is 14.9. The van der Waals surface area contributed by atoms with Crippen LogP contribution in [0.15, 0.2) is 0 Å². The van der Waals surface area contributed by atoms with Gasteiger partial charge in [-0.15, -0.1) is 5.10 Å². The molecule has 1 aromatic rings. The number of ether oxygens (including phenoxy) is 2. The number of nitrogens with zero attached hydrogens (tertiary/aromatic N) is 4. The van der Waals surface area contributed by atoms with Crippen LogP contribution in [-0.2, 0) is 29.2 Å². The van der Waals surface area contributed by atoms with E-state index >= 15 is 0 Å². The van der Waals surface area contributed by atoms with Crippen molar-refractivity contribution in [3.63, 3.8) is 0 Å². The normalized spacial score (nSPS) is 21.9. The van der Waals surface area contributed by atoms with E-state index in [0.717, 1.165) is 49.8 Å². The molecule has 6 nitrogen and oxygen atoms in total. The summed E-state index contributed by atoms with van der Waals surface area (Å²) in [7, 11) is 1.68. The molecule has 118 valence electrons. The average molecular weight is 294 g/mol. The molecular weight excluding hydrogens is 268 g/mol. The molecule has 0 amide bonds. The summed E-state index contributed by atoms with van der Waals surface area (Å²) in [5, 5.41) is 8.50. The molecule has 1 saturated heterocycles. The number of piperidine rings is 1. The molecule has 2 aliphatic rings. The quantitative estimate of drug-likeness (QED) is 0.841. The van der Waals surface area contributed by atoms with E-state index < -0.39 is 0 Å². The van der Waals surface area contributed by atoms with E-state index in [4.69, 9.17) is 9.47 Å². The highest BCUT2D eigenvalue weighted by atomic mass is 16.5. The standard InChI is InChI=1S/C15H26N4O2/c1-12(2)8-18-6-4-15(5-7-18)11-19-14(10-21-15)13(9-20-3)16-17-19/h12H,4-11H2,1-3H3. The number of methoxy groups -OCH3 is 1. The van der Waals surface area contributed by atoms with Crippen molar-refractivity contribution in [2.75, 3.05) is 26.7 Å². The lowest BCUT2D eigenvalue weighted by molar-refractivity contribution is -0.124. The molecule has 0 aliphatic carbocycles. The number of hydrogen-bond acceptors (Lipinski definition) is 5. The second kappa shape index (κ2) is 6.02. The van der Waals surface area contributed by atoms with E-state index in [9.17, 15) is 0 Å². The molecule has 1 fully saturated rings. The van der Waals surface area contributed by atoms with Gasteiger partial charge in [-0.2, -0.15) is 0 Å². The van der Waals surface area contributed by atoms with Crippen molar-refractivity contribution in [2.45, 2.75) is 52.0 Å². The van der Waals surface area contributed by atoms with Crippen molar-refractivity contribution in [1.29, 1.82) is 0 Å². The van der Waals surface area contributed by atoms with Crippen molar-refractivity contribution in [2.24, 2.45) is 5.92 Å². The minimum atomic E-state index is -0.0431. The van der Waals surface area contributed by atoms with Crippen molar-refractivity contribution < 1.29 is 9.47 Å². The molecule has 3 rings (SSSR count). The molecule has 1 spiro atoms. The summed E-state index contributed by atoms with van der Waals surface area (Å²) < 4.78 is 13.4. The summed E-state index contributed by atoms with van der Waals surface area (Å²) in [6, 6.07) is 0. The highest BCUT2D eigenvalue weighted by Crippen LogP contribution is 2.33. The molecule has 3 heterocycles.